The van der Waals surface area contributed by atoms with Crippen molar-refractivity contribution in [1.82, 2.24) is 4.90 Å². The van der Waals surface area contributed by atoms with Crippen LogP contribution in [0.4, 0.5) is 0 Å². The predicted octanol–water partition coefficient (Wildman–Crippen LogP) is 6.23. The molecule has 1 heteroatoms. The Kier molecular flexibility index (Phi) is 7.01. The molecule has 1 aliphatic carbocycles. The Morgan fingerprint density at radius 1 is 1.00 bits per heavy atom. The van der Waals surface area contributed by atoms with E-state index in [4.69, 9.17) is 0 Å². The molecule has 23 heavy (non-hydrogen) atoms. The Morgan fingerprint density at radius 2 is 1.57 bits per heavy atom. The molecule has 0 radical (unpaired) electrons. The molecule has 3 atom stereocenters. The summed E-state index contributed by atoms with van der Waals surface area (Å²) in [6.07, 6.45) is 10.2. The normalized spacial score (nSPS) is 35.2. The van der Waals surface area contributed by atoms with Gasteiger partial charge in [-0.2, -0.15) is 0 Å². The second kappa shape index (κ2) is 8.37. The lowest BCUT2D eigenvalue weighted by Gasteiger charge is -2.40. The Labute approximate surface area is 146 Å². The first kappa shape index (κ1) is 19.3. The van der Waals surface area contributed by atoms with Crippen molar-refractivity contribution in [2.24, 2.45) is 35.0 Å². The Bertz CT molecular complexity index is 330. The van der Waals surface area contributed by atoms with Crippen molar-refractivity contribution in [3.05, 3.63) is 0 Å². The average molecular weight is 322 g/mol. The summed E-state index contributed by atoms with van der Waals surface area (Å²) in [6, 6.07) is 0. The summed E-state index contributed by atoms with van der Waals surface area (Å²) in [5.74, 6) is 4.67. The molecular weight excluding hydrogens is 278 g/mol. The van der Waals surface area contributed by atoms with Crippen molar-refractivity contribution >= 4 is 0 Å². The molecule has 2 fully saturated rings. The van der Waals surface area contributed by atoms with Gasteiger partial charge in [0.2, 0.25) is 0 Å². The molecule has 0 aromatic carbocycles. The topological polar surface area (TPSA) is 3.24 Å². The van der Waals surface area contributed by atoms with Crippen LogP contribution < -0.4 is 0 Å². The molecule has 2 aliphatic rings. The fourth-order valence-corrected chi connectivity index (χ4v) is 5.49. The fraction of sp³-hybridized carbons (Fsp3) is 1.00. The summed E-state index contributed by atoms with van der Waals surface area (Å²) in [5.41, 5.74) is 0.566. The Balaban J connectivity index is 1.71. The molecule has 136 valence electrons. The van der Waals surface area contributed by atoms with Crippen molar-refractivity contribution in [2.45, 2.75) is 86.5 Å². The van der Waals surface area contributed by atoms with Crippen molar-refractivity contribution in [1.29, 1.82) is 0 Å². The van der Waals surface area contributed by atoms with E-state index < -0.39 is 0 Å². The van der Waals surface area contributed by atoms with Crippen LogP contribution in [-0.4, -0.2) is 24.5 Å². The highest BCUT2D eigenvalue weighted by atomic mass is 15.1. The van der Waals surface area contributed by atoms with Crippen molar-refractivity contribution in [3.8, 4) is 0 Å². The van der Waals surface area contributed by atoms with Crippen molar-refractivity contribution in [2.75, 3.05) is 19.6 Å². The molecule has 2 rings (SSSR count). The molecule has 0 aromatic rings. The quantitative estimate of drug-likeness (QED) is 0.560. The molecule has 1 saturated carbocycles. The molecule has 1 nitrogen and oxygen atoms in total. The molecular formula is C22H43N. The van der Waals surface area contributed by atoms with Gasteiger partial charge in [-0.1, -0.05) is 60.8 Å². The predicted molar refractivity (Wildman–Crippen MR) is 103 cm³/mol. The number of hydrogen-bond acceptors (Lipinski definition) is 1. The molecule has 0 N–H and O–H groups in total. The van der Waals surface area contributed by atoms with Crippen LogP contribution in [-0.2, 0) is 0 Å². The second-order valence-corrected chi connectivity index (χ2v) is 10.1. The van der Waals surface area contributed by atoms with E-state index in [-0.39, 0.29) is 0 Å². The van der Waals surface area contributed by atoms with Crippen LogP contribution in [0.1, 0.15) is 86.5 Å². The van der Waals surface area contributed by atoms with Gasteiger partial charge >= 0.3 is 0 Å². The molecule has 0 bridgehead atoms. The van der Waals surface area contributed by atoms with Gasteiger partial charge in [0.25, 0.3) is 0 Å². The minimum absolute atomic E-state index is 0.566. The first-order valence-corrected chi connectivity index (χ1v) is 10.5. The second-order valence-electron chi connectivity index (χ2n) is 10.1. The van der Waals surface area contributed by atoms with Crippen LogP contribution in [0, 0.1) is 35.0 Å². The minimum atomic E-state index is 0.566. The van der Waals surface area contributed by atoms with Crippen molar-refractivity contribution in [3.63, 3.8) is 0 Å². The van der Waals surface area contributed by atoms with Gasteiger partial charge in [0.1, 0.15) is 0 Å². The number of nitrogens with zero attached hydrogens (tertiary/aromatic N) is 1. The summed E-state index contributed by atoms with van der Waals surface area (Å²) in [6.45, 7) is 18.7. The third-order valence-corrected chi connectivity index (χ3v) is 7.11. The van der Waals surface area contributed by atoms with Crippen LogP contribution in [0.2, 0.25) is 0 Å². The summed E-state index contributed by atoms with van der Waals surface area (Å²) in [5, 5.41) is 0. The van der Waals surface area contributed by atoms with Crippen LogP contribution in [0.5, 0.6) is 0 Å². The van der Waals surface area contributed by atoms with E-state index in [1.807, 2.05) is 0 Å². The maximum atomic E-state index is 2.76. The van der Waals surface area contributed by atoms with E-state index in [0.29, 0.717) is 5.41 Å². The van der Waals surface area contributed by atoms with Gasteiger partial charge in [-0.3, -0.25) is 0 Å². The van der Waals surface area contributed by atoms with Gasteiger partial charge in [-0.25, -0.2) is 0 Å². The maximum Gasteiger partial charge on any atom is 0.000735 e. The van der Waals surface area contributed by atoms with E-state index in [1.54, 1.807) is 0 Å². The number of rotatable bonds is 6. The Hall–Kier alpha value is -0.0400. The van der Waals surface area contributed by atoms with Gasteiger partial charge in [0, 0.05) is 19.6 Å². The molecule has 1 saturated heterocycles. The monoisotopic (exact) mass is 321 g/mol. The summed E-state index contributed by atoms with van der Waals surface area (Å²) in [7, 11) is 0. The third kappa shape index (κ3) is 5.76. The number of hydrogen-bond donors (Lipinski definition) is 0. The SMILES string of the molecule is CCC(C)(C)C1CCC(CC(C)CN2CC(C)CC(C)C2)CC1. The highest BCUT2D eigenvalue weighted by Crippen LogP contribution is 2.43. The fourth-order valence-electron chi connectivity index (χ4n) is 5.49. The Morgan fingerprint density at radius 3 is 2.09 bits per heavy atom. The number of likely N-dealkylation sites (tertiary alicyclic amines) is 1. The molecule has 1 aliphatic heterocycles. The van der Waals surface area contributed by atoms with Gasteiger partial charge in [-0.05, 0) is 60.7 Å². The third-order valence-electron chi connectivity index (χ3n) is 7.11. The van der Waals surface area contributed by atoms with E-state index in [9.17, 15) is 0 Å². The highest BCUT2D eigenvalue weighted by molar-refractivity contribution is 4.84. The molecule has 0 spiro atoms. The standard InChI is InChI=1S/C22H43N/c1-7-22(5,6)21-10-8-20(9-11-21)13-19(4)16-23-14-17(2)12-18(3)15-23/h17-21H,7-16H2,1-6H3. The van der Waals surface area contributed by atoms with Gasteiger partial charge < -0.3 is 4.90 Å². The average Bonchev–Trinajstić information content (AvgIpc) is 2.46. The molecule has 1 heterocycles. The minimum Gasteiger partial charge on any atom is -0.303 e. The first-order valence-electron chi connectivity index (χ1n) is 10.5. The lowest BCUT2D eigenvalue weighted by molar-refractivity contribution is 0.0998. The first-order chi connectivity index (χ1) is 10.8. The van der Waals surface area contributed by atoms with Crippen molar-refractivity contribution < 1.29 is 0 Å². The van der Waals surface area contributed by atoms with E-state index in [2.05, 4.69) is 46.4 Å². The highest BCUT2D eigenvalue weighted by Gasteiger charge is 2.32. The summed E-state index contributed by atoms with van der Waals surface area (Å²) in [4.78, 5) is 2.76. The summed E-state index contributed by atoms with van der Waals surface area (Å²) < 4.78 is 0. The maximum absolute atomic E-state index is 2.76. The lowest BCUT2D eigenvalue weighted by atomic mass is 9.66. The molecule has 0 aromatic heterocycles. The lowest BCUT2D eigenvalue weighted by Crippen LogP contribution is -2.41. The smallest absolute Gasteiger partial charge is 0.000735 e. The van der Waals surface area contributed by atoms with Crippen LogP contribution in [0.3, 0.4) is 0 Å². The van der Waals surface area contributed by atoms with Gasteiger partial charge in [-0.15, -0.1) is 0 Å². The van der Waals surface area contributed by atoms with Crippen LogP contribution >= 0.6 is 0 Å². The summed E-state index contributed by atoms with van der Waals surface area (Å²) >= 11 is 0. The van der Waals surface area contributed by atoms with Gasteiger partial charge in [0.05, 0.1) is 0 Å². The van der Waals surface area contributed by atoms with E-state index >= 15 is 0 Å². The van der Waals surface area contributed by atoms with Gasteiger partial charge in [0.15, 0.2) is 0 Å². The largest absolute Gasteiger partial charge is 0.303 e. The molecule has 3 unspecified atom stereocenters. The van der Waals surface area contributed by atoms with E-state index in [0.717, 1.165) is 29.6 Å². The van der Waals surface area contributed by atoms with Crippen LogP contribution in [0.25, 0.3) is 0 Å². The zero-order valence-electron chi connectivity index (χ0n) is 16.9. The molecule has 0 amide bonds. The zero-order chi connectivity index (χ0) is 17.0. The zero-order valence-corrected chi connectivity index (χ0v) is 16.9. The van der Waals surface area contributed by atoms with Crippen LogP contribution in [0.15, 0.2) is 0 Å². The number of piperidine rings is 1. The van der Waals surface area contributed by atoms with E-state index in [1.165, 1.54) is 64.6 Å².